The Labute approximate surface area is 321 Å². The third-order valence-electron chi connectivity index (χ3n) is 8.49. The fraction of sp³-hybridized carbons (Fsp3) is 0.714. The van der Waals surface area contributed by atoms with Gasteiger partial charge in [0.25, 0.3) is 11.1 Å². The minimum Gasteiger partial charge on any atom is -0.800 e. The van der Waals surface area contributed by atoms with Gasteiger partial charge in [0.2, 0.25) is 6.80 Å². The summed E-state index contributed by atoms with van der Waals surface area (Å²) >= 11 is 9.93. The van der Waals surface area contributed by atoms with Gasteiger partial charge < -0.3 is 64.6 Å². The van der Waals surface area contributed by atoms with Gasteiger partial charge in [-0.1, -0.05) is 25.7 Å². The molecule has 306 valence electrons. The summed E-state index contributed by atoms with van der Waals surface area (Å²) in [6, 6.07) is 2.18. The van der Waals surface area contributed by atoms with E-state index in [0.717, 1.165) is 27.5 Å². The molecule has 2 aromatic rings. The van der Waals surface area contributed by atoms with Crippen LogP contribution in [-0.4, -0.2) is 109 Å². The Morgan fingerprint density at radius 1 is 0.944 bits per heavy atom. The van der Waals surface area contributed by atoms with E-state index in [2.05, 4.69) is 4.98 Å². The molecule has 0 bridgehead atoms. The van der Waals surface area contributed by atoms with Gasteiger partial charge in [-0.15, -0.1) is 0 Å². The number of aromatic nitrogens is 4. The zero-order valence-electron chi connectivity index (χ0n) is 31.6. The van der Waals surface area contributed by atoms with Crippen molar-refractivity contribution < 1.29 is 64.2 Å². The lowest BCUT2D eigenvalue weighted by molar-refractivity contribution is -0.192. The molecular weight excluding hydrogens is 821 g/mol. The van der Waals surface area contributed by atoms with Crippen molar-refractivity contribution in [3.8, 4) is 0 Å². The molecule has 3 fully saturated rings. The van der Waals surface area contributed by atoms with Crippen LogP contribution in [0.15, 0.2) is 43.7 Å². The van der Waals surface area contributed by atoms with Crippen molar-refractivity contribution in [3.63, 3.8) is 0 Å². The van der Waals surface area contributed by atoms with Gasteiger partial charge in [-0.3, -0.25) is 37.8 Å². The first kappa shape index (κ1) is 42.0. The predicted octanol–water partition coefficient (Wildman–Crippen LogP) is -0.615. The Balaban J connectivity index is 0.000000249. The molecule has 21 nitrogen and oxygen atoms in total. The van der Waals surface area contributed by atoms with Crippen LogP contribution in [-0.2, 0) is 65.7 Å². The van der Waals surface area contributed by atoms with E-state index in [1.807, 2.05) is 4.98 Å². The smallest absolute Gasteiger partial charge is 0.330 e. The molecule has 0 spiro atoms. The van der Waals surface area contributed by atoms with Crippen molar-refractivity contribution in [2.24, 2.45) is 5.92 Å². The molecule has 4 heterocycles. The Morgan fingerprint density at radius 2 is 1.44 bits per heavy atom. The van der Waals surface area contributed by atoms with E-state index in [1.54, 1.807) is 27.7 Å². The number of hydrogen-bond acceptors (Lipinski definition) is 17. The third kappa shape index (κ3) is 10.7. The summed E-state index contributed by atoms with van der Waals surface area (Å²) in [7, 11) is -1.79. The summed E-state index contributed by atoms with van der Waals surface area (Å²) in [6.45, 7) is -4.14. The molecule has 0 aromatic carbocycles. The number of rotatable bonds is 14. The van der Waals surface area contributed by atoms with Crippen LogP contribution < -0.4 is 27.4 Å². The monoisotopic (exact) mass is 866 g/mol. The van der Waals surface area contributed by atoms with Gasteiger partial charge in [0.05, 0.1) is 27.2 Å². The lowest BCUT2D eigenvalue weighted by Gasteiger charge is -2.37. The Bertz CT molecular complexity index is 2090. The van der Waals surface area contributed by atoms with Gasteiger partial charge >= 0.3 is 19.0 Å². The molecule has 5 rings (SSSR count). The molecule has 2 aliphatic heterocycles. The molecule has 1 aliphatic carbocycles. The van der Waals surface area contributed by atoms with Gasteiger partial charge in [0.15, 0.2) is 12.5 Å². The van der Waals surface area contributed by atoms with E-state index in [4.69, 9.17) is 59.3 Å². The molecule has 2 saturated heterocycles. The molecule has 5 N–H and O–H groups in total. The number of hydrogen-bond donors (Lipinski definition) is 5. The fourth-order valence-corrected chi connectivity index (χ4v) is 10.1. The summed E-state index contributed by atoms with van der Waals surface area (Å²) in [5.74, 6) is -0.580. The van der Waals surface area contributed by atoms with Crippen LogP contribution in [0.4, 0.5) is 0 Å². The summed E-state index contributed by atoms with van der Waals surface area (Å²) in [5, 5.41) is 9.82. The zero-order chi connectivity index (χ0) is 42.3. The number of methoxy groups -OCH3 is 2. The molecule has 0 radical (unpaired) electrons. The van der Waals surface area contributed by atoms with Gasteiger partial charge in [0.1, 0.15) is 30.5 Å². The van der Waals surface area contributed by atoms with Crippen LogP contribution in [0.5, 0.6) is 0 Å². The molecule has 12 atom stereocenters. The highest BCUT2D eigenvalue weighted by Gasteiger charge is 2.61. The number of nitrogens with zero attached hydrogens (tertiary/aromatic N) is 2. The number of aliphatic hydroxyl groups is 1. The van der Waals surface area contributed by atoms with E-state index >= 15 is 0 Å². The third-order valence-corrected chi connectivity index (χ3v) is 15.0. The highest BCUT2D eigenvalue weighted by Crippen LogP contribution is 2.62. The van der Waals surface area contributed by atoms with Crippen molar-refractivity contribution in [1.82, 2.24) is 19.1 Å². The predicted molar refractivity (Wildman–Crippen MR) is 193 cm³/mol. The molecule has 54 heavy (non-hydrogen) atoms. The van der Waals surface area contributed by atoms with Crippen molar-refractivity contribution in [2.45, 2.75) is 101 Å². The minimum absolute atomic E-state index is 0.182. The molecule has 1 saturated carbocycles. The van der Waals surface area contributed by atoms with Crippen molar-refractivity contribution in [3.05, 3.63) is 66.2 Å². The molecule has 26 heteroatoms. The van der Waals surface area contributed by atoms with Gasteiger partial charge in [-0.2, -0.15) is 0 Å². The average Bonchev–Trinajstić information content (AvgIpc) is 3.68. The molecule has 3 aliphatic rings. The Kier molecular flexibility index (Phi) is 13.9. The highest BCUT2D eigenvalue weighted by atomic mass is 32.7. The maximum atomic E-state index is 12.8. The number of nitrogens with one attached hydrogen (secondary N) is 2. The maximum Gasteiger partial charge on any atom is 0.330 e. The SMILES string of the molecule is COC1C(OP([O-])(=S)C(C)C)C(C2CC2P(=O)(O)O)OC1n1ccc(=O)[nH]c1=O.[2H]C([2H])(O)[C@H]1O[C@@H](n2ccc(=O)[nH]c2=O)C(OC)[C@H]1OP(=O)([S-])OC(C)C. The lowest BCUT2D eigenvalue weighted by Crippen LogP contribution is -2.40. The topological polar surface area (TPSA) is 292 Å². The second-order valence-electron chi connectivity index (χ2n) is 12.9. The van der Waals surface area contributed by atoms with E-state index in [9.17, 15) is 48.1 Å². The number of ether oxygens (including phenoxy) is 4. The first-order chi connectivity index (χ1) is 25.7. The second kappa shape index (κ2) is 17.9. The molecule has 9 unspecified atom stereocenters. The van der Waals surface area contributed by atoms with Crippen LogP contribution in [0.3, 0.4) is 0 Å². The quantitative estimate of drug-likeness (QED) is 0.117. The summed E-state index contributed by atoms with van der Waals surface area (Å²) < 4.78 is 79.4. The van der Waals surface area contributed by atoms with Gasteiger partial charge in [-0.05, 0) is 32.4 Å². The van der Waals surface area contributed by atoms with Crippen LogP contribution in [0.1, 0.15) is 49.3 Å². The molecule has 0 amide bonds. The standard InChI is InChI=1S/C15H24N2O9P2S.C13H21N2O8PS/c1-7(2)28(23,29)26-12-11(8-6-9(8)27(20,21)22)25-14(13(12)24-3)17-5-4-10(18)16-15(17)19;1-7(2)22-24(19,25)23-10-8(6-16)21-12(11(10)20-3)15-5-4-9(17)14-13(15)18/h4-5,7-9,11-14H,6H2,1-3H3,(H,23,29)(H,16,18,19)(H2,20,21,22);4-5,7-8,10-12,16H,6H2,1-3H3,(H,19,25)(H,14,17,18)/p-2/t;8-,10+,11?,12-,24?/m.1/s1/i;6D2. The maximum absolute atomic E-state index is 12.8. The Hall–Kier alpha value is -1.62. The summed E-state index contributed by atoms with van der Waals surface area (Å²) in [5.41, 5.74) is -4.26. The van der Waals surface area contributed by atoms with E-state index < -0.39 is 122 Å². The van der Waals surface area contributed by atoms with Crippen molar-refractivity contribution >= 4 is 44.9 Å². The summed E-state index contributed by atoms with van der Waals surface area (Å²) in [4.78, 5) is 82.8. The van der Waals surface area contributed by atoms with Crippen molar-refractivity contribution in [1.29, 1.82) is 0 Å². The van der Waals surface area contributed by atoms with Crippen LogP contribution in [0.2, 0.25) is 0 Å². The Morgan fingerprint density at radius 3 is 1.85 bits per heavy atom. The average molecular weight is 867 g/mol. The van der Waals surface area contributed by atoms with Gasteiger partial charge in [0, 0.05) is 44.7 Å². The van der Waals surface area contributed by atoms with E-state index in [0.29, 0.717) is 0 Å². The van der Waals surface area contributed by atoms with Crippen LogP contribution >= 0.6 is 20.9 Å². The molecular formula is C28H43N4O17P3S2-2. The number of aromatic amines is 2. The van der Waals surface area contributed by atoms with Crippen LogP contribution in [0, 0.1) is 5.92 Å². The normalized spacial score (nSPS) is 32.7. The van der Waals surface area contributed by atoms with E-state index in [-0.39, 0.29) is 6.42 Å². The minimum atomic E-state index is -4.36. The second-order valence-corrected chi connectivity index (χ2v) is 21.3. The van der Waals surface area contributed by atoms with E-state index in [1.165, 1.54) is 20.4 Å². The number of H-pyrrole nitrogens is 2. The largest absolute Gasteiger partial charge is 0.800 e. The highest BCUT2D eigenvalue weighted by molar-refractivity contribution is 8.32. The first-order valence-electron chi connectivity index (χ1n) is 17.2. The zero-order valence-corrected chi connectivity index (χ0v) is 33.9. The first-order valence-corrected chi connectivity index (χ1v) is 23.1. The summed E-state index contributed by atoms with van der Waals surface area (Å²) in [6.07, 6.45) is -7.65. The molecule has 2 aromatic heterocycles. The van der Waals surface area contributed by atoms with Crippen molar-refractivity contribution in [2.75, 3.05) is 20.8 Å². The van der Waals surface area contributed by atoms with Gasteiger partial charge in [-0.25, -0.2) is 9.59 Å². The lowest BCUT2D eigenvalue weighted by atomic mass is 10.1. The van der Waals surface area contributed by atoms with Crippen LogP contribution in [0.25, 0.3) is 0 Å². The fourth-order valence-electron chi connectivity index (χ4n) is 5.86.